The van der Waals surface area contributed by atoms with Crippen molar-refractivity contribution in [2.24, 2.45) is 0 Å². The molecule has 2 aromatic rings. The molecule has 1 amide bonds. The minimum atomic E-state index is -0.0677. The Bertz CT molecular complexity index is 546. The highest BCUT2D eigenvalue weighted by molar-refractivity contribution is 5.91. The smallest absolute Gasteiger partial charge is 0.292 e. The SMILES string of the molecule is O=C(c1ccno1)N1CCN(Cc2ccccc2)CC1. The Morgan fingerprint density at radius 1 is 1.10 bits per heavy atom. The second-order valence-corrected chi connectivity index (χ2v) is 4.93. The number of hydrogen-bond acceptors (Lipinski definition) is 4. The van der Waals surface area contributed by atoms with Gasteiger partial charge in [-0.3, -0.25) is 9.69 Å². The molecule has 5 heteroatoms. The van der Waals surface area contributed by atoms with Gasteiger partial charge in [-0.25, -0.2) is 0 Å². The molecule has 0 N–H and O–H groups in total. The second kappa shape index (κ2) is 5.88. The van der Waals surface area contributed by atoms with E-state index in [1.54, 1.807) is 6.07 Å². The third-order valence-electron chi connectivity index (χ3n) is 3.56. The van der Waals surface area contributed by atoms with Gasteiger partial charge in [-0.2, -0.15) is 0 Å². The lowest BCUT2D eigenvalue weighted by Crippen LogP contribution is -2.48. The maximum atomic E-state index is 12.1. The molecule has 5 nitrogen and oxygen atoms in total. The normalized spacial score (nSPS) is 16.3. The molecule has 0 atom stereocenters. The summed E-state index contributed by atoms with van der Waals surface area (Å²) in [6.45, 7) is 4.16. The quantitative estimate of drug-likeness (QED) is 0.851. The van der Waals surface area contributed by atoms with Gasteiger partial charge >= 0.3 is 0 Å². The second-order valence-electron chi connectivity index (χ2n) is 4.93. The molecule has 1 fully saturated rings. The van der Waals surface area contributed by atoms with Crippen molar-refractivity contribution in [3.8, 4) is 0 Å². The van der Waals surface area contributed by atoms with Gasteiger partial charge in [0.15, 0.2) is 0 Å². The highest BCUT2D eigenvalue weighted by Gasteiger charge is 2.23. The standard InChI is InChI=1S/C15H17N3O2/c19-15(14-6-7-16-20-14)18-10-8-17(9-11-18)12-13-4-2-1-3-5-13/h1-7H,8-12H2. The minimum Gasteiger partial charge on any atom is -0.351 e. The van der Waals surface area contributed by atoms with Crippen molar-refractivity contribution in [2.75, 3.05) is 26.2 Å². The average Bonchev–Trinajstić information content (AvgIpc) is 3.03. The number of aromatic nitrogens is 1. The lowest BCUT2D eigenvalue weighted by molar-refractivity contribution is 0.0588. The van der Waals surface area contributed by atoms with Crippen LogP contribution in [0.4, 0.5) is 0 Å². The zero-order chi connectivity index (χ0) is 13.8. The van der Waals surface area contributed by atoms with Gasteiger partial charge < -0.3 is 9.42 Å². The average molecular weight is 271 g/mol. The van der Waals surface area contributed by atoms with Gasteiger partial charge in [-0.1, -0.05) is 35.5 Å². The Morgan fingerprint density at radius 2 is 1.85 bits per heavy atom. The predicted octanol–water partition coefficient (Wildman–Crippen LogP) is 1.63. The van der Waals surface area contributed by atoms with Crippen molar-refractivity contribution >= 4 is 5.91 Å². The first-order valence-electron chi connectivity index (χ1n) is 6.79. The highest BCUT2D eigenvalue weighted by atomic mass is 16.5. The Labute approximate surface area is 117 Å². The molecule has 0 aliphatic carbocycles. The molecule has 2 heterocycles. The summed E-state index contributed by atoms with van der Waals surface area (Å²) < 4.78 is 4.92. The van der Waals surface area contributed by atoms with Crippen LogP contribution in [0.25, 0.3) is 0 Å². The third-order valence-corrected chi connectivity index (χ3v) is 3.56. The Kier molecular flexibility index (Phi) is 3.78. The fraction of sp³-hybridized carbons (Fsp3) is 0.333. The number of hydrogen-bond donors (Lipinski definition) is 0. The largest absolute Gasteiger partial charge is 0.351 e. The minimum absolute atomic E-state index is 0.0677. The Morgan fingerprint density at radius 3 is 2.50 bits per heavy atom. The van der Waals surface area contributed by atoms with Gasteiger partial charge in [0, 0.05) is 38.8 Å². The van der Waals surface area contributed by atoms with Crippen molar-refractivity contribution in [3.63, 3.8) is 0 Å². The van der Waals surface area contributed by atoms with E-state index in [0.29, 0.717) is 5.76 Å². The van der Waals surface area contributed by atoms with E-state index in [0.717, 1.165) is 32.7 Å². The Balaban J connectivity index is 1.53. The third kappa shape index (κ3) is 2.88. The fourth-order valence-corrected chi connectivity index (χ4v) is 2.43. The fourth-order valence-electron chi connectivity index (χ4n) is 2.43. The van der Waals surface area contributed by atoms with Crippen molar-refractivity contribution in [1.29, 1.82) is 0 Å². The molecular formula is C15H17N3O2. The number of amides is 1. The molecule has 0 unspecified atom stereocenters. The lowest BCUT2D eigenvalue weighted by Gasteiger charge is -2.34. The van der Waals surface area contributed by atoms with Crippen LogP contribution in [0, 0.1) is 0 Å². The number of carbonyl (C=O) groups excluding carboxylic acids is 1. The predicted molar refractivity (Wildman–Crippen MR) is 74.1 cm³/mol. The molecule has 0 radical (unpaired) electrons. The first-order valence-corrected chi connectivity index (χ1v) is 6.79. The molecule has 0 saturated carbocycles. The van der Waals surface area contributed by atoms with Gasteiger partial charge in [-0.15, -0.1) is 0 Å². The Hall–Kier alpha value is -2.14. The van der Waals surface area contributed by atoms with Crippen LogP contribution in [-0.2, 0) is 6.54 Å². The molecule has 1 aromatic heterocycles. The number of carbonyl (C=O) groups is 1. The first-order chi connectivity index (χ1) is 9.83. The van der Waals surface area contributed by atoms with E-state index >= 15 is 0 Å². The van der Waals surface area contributed by atoms with E-state index in [1.165, 1.54) is 11.8 Å². The van der Waals surface area contributed by atoms with Gasteiger partial charge in [0.2, 0.25) is 5.76 Å². The van der Waals surface area contributed by atoms with Gasteiger partial charge in [0.25, 0.3) is 5.91 Å². The van der Waals surface area contributed by atoms with Gasteiger partial charge in [0.1, 0.15) is 0 Å². The number of rotatable bonds is 3. The maximum absolute atomic E-state index is 12.1. The molecule has 1 aromatic carbocycles. The molecule has 1 aliphatic rings. The maximum Gasteiger partial charge on any atom is 0.292 e. The molecule has 104 valence electrons. The number of benzene rings is 1. The zero-order valence-corrected chi connectivity index (χ0v) is 11.2. The molecule has 0 bridgehead atoms. The first kappa shape index (κ1) is 12.9. The van der Waals surface area contributed by atoms with Crippen LogP contribution in [0.5, 0.6) is 0 Å². The highest BCUT2D eigenvalue weighted by Crippen LogP contribution is 2.11. The van der Waals surface area contributed by atoms with Crippen LogP contribution in [0.15, 0.2) is 47.1 Å². The summed E-state index contributed by atoms with van der Waals surface area (Å²) in [4.78, 5) is 16.3. The van der Waals surface area contributed by atoms with E-state index in [4.69, 9.17) is 4.52 Å². The monoisotopic (exact) mass is 271 g/mol. The number of nitrogens with zero attached hydrogens (tertiary/aromatic N) is 3. The molecule has 20 heavy (non-hydrogen) atoms. The zero-order valence-electron chi connectivity index (χ0n) is 11.2. The molecule has 1 aliphatic heterocycles. The summed E-state index contributed by atoms with van der Waals surface area (Å²) in [6, 6.07) is 12.0. The van der Waals surface area contributed by atoms with Crippen LogP contribution in [0.2, 0.25) is 0 Å². The van der Waals surface area contributed by atoms with Crippen molar-refractivity contribution in [2.45, 2.75) is 6.54 Å². The summed E-state index contributed by atoms with van der Waals surface area (Å²) in [7, 11) is 0. The number of piperazine rings is 1. The summed E-state index contributed by atoms with van der Waals surface area (Å²) in [6.07, 6.45) is 1.50. The van der Waals surface area contributed by atoms with Crippen molar-refractivity contribution in [3.05, 3.63) is 53.9 Å². The van der Waals surface area contributed by atoms with E-state index in [9.17, 15) is 4.79 Å². The summed E-state index contributed by atoms with van der Waals surface area (Å²) in [5, 5.41) is 3.58. The summed E-state index contributed by atoms with van der Waals surface area (Å²) in [5.74, 6) is 0.253. The van der Waals surface area contributed by atoms with E-state index in [2.05, 4.69) is 34.3 Å². The van der Waals surface area contributed by atoms with E-state index in [-0.39, 0.29) is 5.91 Å². The lowest BCUT2D eigenvalue weighted by atomic mass is 10.2. The van der Waals surface area contributed by atoms with Crippen LogP contribution in [0.1, 0.15) is 16.1 Å². The summed E-state index contributed by atoms with van der Waals surface area (Å²) in [5.41, 5.74) is 1.31. The molecule has 0 spiro atoms. The molecule has 1 saturated heterocycles. The molecule has 3 rings (SSSR count). The van der Waals surface area contributed by atoms with E-state index in [1.807, 2.05) is 11.0 Å². The van der Waals surface area contributed by atoms with Gasteiger partial charge in [0.05, 0.1) is 6.20 Å². The molecular weight excluding hydrogens is 254 g/mol. The topological polar surface area (TPSA) is 49.6 Å². The van der Waals surface area contributed by atoms with Crippen LogP contribution < -0.4 is 0 Å². The van der Waals surface area contributed by atoms with Crippen LogP contribution >= 0.6 is 0 Å². The van der Waals surface area contributed by atoms with Crippen molar-refractivity contribution < 1.29 is 9.32 Å². The van der Waals surface area contributed by atoms with Gasteiger partial charge in [-0.05, 0) is 5.56 Å². The van der Waals surface area contributed by atoms with E-state index < -0.39 is 0 Å². The van der Waals surface area contributed by atoms with Crippen LogP contribution in [0.3, 0.4) is 0 Å². The van der Waals surface area contributed by atoms with Crippen molar-refractivity contribution in [1.82, 2.24) is 15.0 Å². The van der Waals surface area contributed by atoms with Crippen LogP contribution in [-0.4, -0.2) is 47.0 Å². The summed E-state index contributed by atoms with van der Waals surface area (Å²) >= 11 is 0.